The van der Waals surface area contributed by atoms with Crippen molar-refractivity contribution in [3.8, 4) is 0 Å². The fourth-order valence-corrected chi connectivity index (χ4v) is 2.51. The van der Waals surface area contributed by atoms with E-state index in [1.807, 2.05) is 5.32 Å². The van der Waals surface area contributed by atoms with E-state index in [1.54, 1.807) is 6.07 Å². The molecule has 0 aliphatic heterocycles. The van der Waals surface area contributed by atoms with Crippen LogP contribution in [0.2, 0.25) is 5.02 Å². The number of rotatable bonds is 2. The van der Waals surface area contributed by atoms with Gasteiger partial charge in [-0.2, -0.15) is 0 Å². The fourth-order valence-electron chi connectivity index (χ4n) is 1.57. The Morgan fingerprint density at radius 2 is 1.43 bits per heavy atom. The van der Waals surface area contributed by atoms with Crippen molar-refractivity contribution in [3.63, 3.8) is 0 Å². The highest BCUT2D eigenvalue weighted by Crippen LogP contribution is 2.28. The summed E-state index contributed by atoms with van der Waals surface area (Å²) < 4.78 is 66.9. The van der Waals surface area contributed by atoms with Gasteiger partial charge in [0.1, 0.15) is 5.69 Å². The van der Waals surface area contributed by atoms with E-state index in [0.29, 0.717) is 4.47 Å². The first-order valence-electron chi connectivity index (χ1n) is 5.77. The van der Waals surface area contributed by atoms with Crippen molar-refractivity contribution in [1.82, 2.24) is 0 Å². The molecule has 0 fully saturated rings. The number of hydrogen-bond acceptors (Lipinski definition) is 1. The third-order valence-electron chi connectivity index (χ3n) is 2.63. The van der Waals surface area contributed by atoms with Crippen LogP contribution in [-0.4, -0.2) is 5.11 Å². The molecule has 23 heavy (non-hydrogen) atoms. The zero-order valence-electron chi connectivity index (χ0n) is 10.8. The van der Waals surface area contributed by atoms with Gasteiger partial charge in [-0.15, -0.1) is 0 Å². The molecule has 10 heteroatoms. The lowest BCUT2D eigenvalue weighted by atomic mass is 10.2. The highest BCUT2D eigenvalue weighted by atomic mass is 79.9. The molecular formula is C13H5BrClF5N2S. The summed E-state index contributed by atoms with van der Waals surface area (Å²) in [6.07, 6.45) is 0. The van der Waals surface area contributed by atoms with E-state index < -0.39 is 39.9 Å². The monoisotopic (exact) mass is 430 g/mol. The van der Waals surface area contributed by atoms with Crippen LogP contribution in [0, 0.1) is 29.1 Å². The summed E-state index contributed by atoms with van der Waals surface area (Å²) in [5.41, 5.74) is -0.983. The quantitative estimate of drug-likeness (QED) is 0.280. The standard InChI is InChI=1S/C13H5BrClF5N2S/c14-4-1-2-6(5(15)3-4)21-13(23)22-12-10(19)8(17)7(16)9(18)11(12)20/h1-3H,(H2,21,22,23). The smallest absolute Gasteiger partial charge is 0.200 e. The van der Waals surface area contributed by atoms with E-state index in [2.05, 4.69) is 21.2 Å². The zero-order chi connectivity index (χ0) is 17.3. The number of thiocarbonyl (C=S) groups is 1. The average molecular weight is 432 g/mol. The molecule has 122 valence electrons. The maximum atomic E-state index is 13.5. The van der Waals surface area contributed by atoms with Gasteiger partial charge in [0, 0.05) is 4.47 Å². The van der Waals surface area contributed by atoms with E-state index in [0.717, 1.165) is 0 Å². The zero-order valence-corrected chi connectivity index (χ0v) is 13.9. The van der Waals surface area contributed by atoms with Crippen LogP contribution in [0.4, 0.5) is 33.3 Å². The van der Waals surface area contributed by atoms with Crippen molar-refractivity contribution in [2.45, 2.75) is 0 Å². The van der Waals surface area contributed by atoms with Crippen LogP contribution in [-0.2, 0) is 0 Å². The maximum absolute atomic E-state index is 13.5. The number of benzene rings is 2. The Labute approximate surface area is 145 Å². The summed E-state index contributed by atoms with van der Waals surface area (Å²) in [5.74, 6) is -10.4. The number of nitrogens with one attached hydrogen (secondary N) is 2. The van der Waals surface area contributed by atoms with Gasteiger partial charge in [0.05, 0.1) is 10.7 Å². The van der Waals surface area contributed by atoms with Crippen LogP contribution in [0.3, 0.4) is 0 Å². The second-order valence-electron chi connectivity index (χ2n) is 4.15. The molecule has 2 aromatic carbocycles. The Hall–Kier alpha value is -1.45. The third-order valence-corrected chi connectivity index (χ3v) is 3.64. The van der Waals surface area contributed by atoms with Crippen LogP contribution >= 0.6 is 39.7 Å². The van der Waals surface area contributed by atoms with Crippen LogP contribution < -0.4 is 10.6 Å². The lowest BCUT2D eigenvalue weighted by Gasteiger charge is -2.14. The Morgan fingerprint density at radius 3 is 1.96 bits per heavy atom. The minimum absolute atomic E-state index is 0.223. The Kier molecular flexibility index (Phi) is 5.43. The van der Waals surface area contributed by atoms with Crippen LogP contribution in [0.25, 0.3) is 0 Å². The van der Waals surface area contributed by atoms with Gasteiger partial charge in [0.15, 0.2) is 28.4 Å². The van der Waals surface area contributed by atoms with Gasteiger partial charge in [-0.1, -0.05) is 27.5 Å². The SMILES string of the molecule is Fc1c(F)c(F)c(NC(=S)Nc2ccc(Br)cc2Cl)c(F)c1F. The lowest BCUT2D eigenvalue weighted by Crippen LogP contribution is -2.22. The molecule has 2 N–H and O–H groups in total. The Bertz CT molecular complexity index is 773. The van der Waals surface area contributed by atoms with Gasteiger partial charge in [0.25, 0.3) is 0 Å². The summed E-state index contributed by atoms with van der Waals surface area (Å²) in [4.78, 5) is 0. The van der Waals surface area contributed by atoms with Crippen molar-refractivity contribution in [2.24, 2.45) is 0 Å². The summed E-state index contributed by atoms with van der Waals surface area (Å²) in [6.45, 7) is 0. The minimum Gasteiger partial charge on any atom is -0.331 e. The number of anilines is 2. The van der Waals surface area contributed by atoms with Gasteiger partial charge in [-0.25, -0.2) is 22.0 Å². The maximum Gasteiger partial charge on any atom is 0.200 e. The first kappa shape index (κ1) is 17.9. The van der Waals surface area contributed by atoms with Gasteiger partial charge < -0.3 is 10.6 Å². The number of halogens is 7. The largest absolute Gasteiger partial charge is 0.331 e. The molecule has 0 aromatic heterocycles. The molecule has 0 atom stereocenters. The summed E-state index contributed by atoms with van der Waals surface area (Å²) in [6, 6.07) is 4.62. The molecule has 2 rings (SSSR count). The molecule has 2 nitrogen and oxygen atoms in total. The van der Waals surface area contributed by atoms with Crippen molar-refractivity contribution in [1.29, 1.82) is 0 Å². The molecule has 0 bridgehead atoms. The van der Waals surface area contributed by atoms with Crippen molar-refractivity contribution in [2.75, 3.05) is 10.6 Å². The second-order valence-corrected chi connectivity index (χ2v) is 5.88. The molecule has 0 amide bonds. The van der Waals surface area contributed by atoms with Gasteiger partial charge in [0.2, 0.25) is 5.82 Å². The molecule has 0 heterocycles. The second kappa shape index (κ2) is 6.98. The van der Waals surface area contributed by atoms with E-state index in [1.165, 1.54) is 12.1 Å². The summed E-state index contributed by atoms with van der Waals surface area (Å²) in [7, 11) is 0. The van der Waals surface area contributed by atoms with Gasteiger partial charge in [-0.05, 0) is 30.4 Å². The summed E-state index contributed by atoms with van der Waals surface area (Å²) >= 11 is 13.9. The Balaban J connectivity index is 2.27. The highest BCUT2D eigenvalue weighted by Gasteiger charge is 2.26. The molecule has 0 radical (unpaired) electrons. The highest BCUT2D eigenvalue weighted by molar-refractivity contribution is 9.10. The Morgan fingerprint density at radius 1 is 0.913 bits per heavy atom. The third kappa shape index (κ3) is 3.73. The minimum atomic E-state index is -2.25. The van der Waals surface area contributed by atoms with E-state index in [4.69, 9.17) is 23.8 Å². The average Bonchev–Trinajstić information content (AvgIpc) is 2.50. The van der Waals surface area contributed by atoms with Crippen LogP contribution in [0.15, 0.2) is 22.7 Å². The molecule has 0 saturated heterocycles. The van der Waals surface area contributed by atoms with Gasteiger partial charge >= 0.3 is 0 Å². The van der Waals surface area contributed by atoms with Crippen molar-refractivity contribution >= 4 is 56.2 Å². The topological polar surface area (TPSA) is 24.1 Å². The van der Waals surface area contributed by atoms with E-state index in [-0.39, 0.29) is 10.7 Å². The van der Waals surface area contributed by atoms with Crippen molar-refractivity contribution < 1.29 is 22.0 Å². The predicted molar refractivity (Wildman–Crippen MR) is 85.2 cm³/mol. The molecular weight excluding hydrogens is 427 g/mol. The molecule has 0 unspecified atom stereocenters. The summed E-state index contributed by atoms with van der Waals surface area (Å²) in [5, 5.41) is 4.24. The number of hydrogen-bond donors (Lipinski definition) is 2. The fraction of sp³-hybridized carbons (Fsp3) is 0. The predicted octanol–water partition coefficient (Wildman–Crippen LogP) is 5.61. The first-order valence-corrected chi connectivity index (χ1v) is 7.34. The van der Waals surface area contributed by atoms with E-state index in [9.17, 15) is 22.0 Å². The lowest BCUT2D eigenvalue weighted by molar-refractivity contribution is 0.382. The molecule has 0 aliphatic rings. The van der Waals surface area contributed by atoms with Crippen LogP contribution in [0.1, 0.15) is 0 Å². The van der Waals surface area contributed by atoms with Crippen molar-refractivity contribution in [3.05, 3.63) is 56.8 Å². The molecule has 0 saturated carbocycles. The molecule has 0 aliphatic carbocycles. The molecule has 0 spiro atoms. The van der Waals surface area contributed by atoms with Crippen LogP contribution in [0.5, 0.6) is 0 Å². The first-order chi connectivity index (χ1) is 10.7. The van der Waals surface area contributed by atoms with Gasteiger partial charge in [-0.3, -0.25) is 0 Å². The normalized spacial score (nSPS) is 10.6. The molecule has 2 aromatic rings. The van der Waals surface area contributed by atoms with E-state index >= 15 is 0 Å².